The molecule has 0 unspecified atom stereocenters. The zero-order valence-electron chi connectivity index (χ0n) is 15.5. The second kappa shape index (κ2) is 12.5. The molecule has 0 radical (unpaired) electrons. The third-order valence-electron chi connectivity index (χ3n) is 5.06. The Bertz CT molecular complexity index is 522. The molecule has 26 heavy (non-hydrogen) atoms. The van der Waals surface area contributed by atoms with Gasteiger partial charge in [-0.25, -0.2) is 4.39 Å². The molecule has 7 heteroatoms. The van der Waals surface area contributed by atoms with Gasteiger partial charge in [-0.15, -0.1) is 24.8 Å². The number of hydrogen-bond donors (Lipinski definition) is 2. The first kappa shape index (κ1) is 25.1. The Morgan fingerprint density at radius 3 is 2.38 bits per heavy atom. The minimum atomic E-state index is -0.217. The number of carbonyl (C=O) groups is 1. The number of nitrogens with zero attached hydrogens (tertiary/aromatic N) is 1. The Labute approximate surface area is 168 Å². The molecule has 1 aliphatic rings. The van der Waals surface area contributed by atoms with Crippen molar-refractivity contribution in [1.29, 1.82) is 0 Å². The molecule has 150 valence electrons. The van der Waals surface area contributed by atoms with Crippen LogP contribution in [0.4, 0.5) is 4.39 Å². The second-order valence-electron chi connectivity index (χ2n) is 7.16. The summed E-state index contributed by atoms with van der Waals surface area (Å²) in [4.78, 5) is 14.3. The van der Waals surface area contributed by atoms with E-state index in [-0.39, 0.29) is 42.0 Å². The minimum Gasteiger partial charge on any atom is -0.355 e. The van der Waals surface area contributed by atoms with Crippen molar-refractivity contribution in [3.05, 3.63) is 35.6 Å². The normalized spacial score (nSPS) is 15.7. The van der Waals surface area contributed by atoms with Crippen LogP contribution in [-0.4, -0.2) is 37.5 Å². The monoisotopic (exact) mass is 407 g/mol. The van der Waals surface area contributed by atoms with Crippen LogP contribution in [-0.2, 0) is 11.3 Å². The molecule has 3 N–H and O–H groups in total. The zero-order valence-corrected chi connectivity index (χ0v) is 17.1. The summed E-state index contributed by atoms with van der Waals surface area (Å²) in [7, 11) is 2.00. The molecule has 1 fully saturated rings. The van der Waals surface area contributed by atoms with Crippen LogP contribution in [0.15, 0.2) is 24.3 Å². The van der Waals surface area contributed by atoms with Crippen molar-refractivity contribution in [3.63, 3.8) is 0 Å². The largest absolute Gasteiger partial charge is 0.355 e. The SMILES string of the molecule is CN(CCNC(=O)CC1(CN)CCCCC1)Cc1ccc(F)cc1.Cl.Cl. The average molecular weight is 408 g/mol. The standard InChI is InChI=1S/C19H30FN3O.2ClH/c1-23(14-16-5-7-17(20)8-6-16)12-11-22-18(24)13-19(15-21)9-3-2-4-10-19;;/h5-8H,2-4,9-15,21H2,1H3,(H,22,24);2*1H. The predicted octanol–water partition coefficient (Wildman–Crippen LogP) is 3.52. The number of amides is 1. The number of halogens is 3. The molecule has 1 saturated carbocycles. The molecule has 0 heterocycles. The highest BCUT2D eigenvalue weighted by atomic mass is 35.5. The summed E-state index contributed by atoms with van der Waals surface area (Å²) >= 11 is 0. The van der Waals surface area contributed by atoms with Gasteiger partial charge < -0.3 is 16.0 Å². The lowest BCUT2D eigenvalue weighted by Gasteiger charge is -2.35. The van der Waals surface area contributed by atoms with E-state index in [1.165, 1.54) is 31.4 Å². The molecule has 1 aromatic carbocycles. The maximum atomic E-state index is 12.9. The number of rotatable bonds is 8. The number of nitrogens with one attached hydrogen (secondary N) is 1. The highest BCUT2D eigenvalue weighted by Crippen LogP contribution is 2.38. The first-order valence-electron chi connectivity index (χ1n) is 8.93. The first-order valence-corrected chi connectivity index (χ1v) is 8.93. The summed E-state index contributed by atoms with van der Waals surface area (Å²) in [5.74, 6) is -0.109. The summed E-state index contributed by atoms with van der Waals surface area (Å²) in [5, 5.41) is 3.02. The number of likely N-dealkylation sites (N-methyl/N-ethyl adjacent to an activating group) is 1. The Kier molecular flexibility index (Phi) is 12.1. The van der Waals surface area contributed by atoms with Crippen LogP contribution < -0.4 is 11.1 Å². The van der Waals surface area contributed by atoms with Crippen molar-refractivity contribution in [3.8, 4) is 0 Å². The van der Waals surface area contributed by atoms with E-state index in [0.717, 1.165) is 31.5 Å². The minimum absolute atomic E-state index is 0. The molecule has 0 bridgehead atoms. The van der Waals surface area contributed by atoms with E-state index >= 15 is 0 Å². The lowest BCUT2D eigenvalue weighted by Crippen LogP contribution is -2.40. The summed E-state index contributed by atoms with van der Waals surface area (Å²) in [5.41, 5.74) is 7.03. The topological polar surface area (TPSA) is 58.4 Å². The highest BCUT2D eigenvalue weighted by Gasteiger charge is 2.32. The van der Waals surface area contributed by atoms with E-state index in [1.54, 1.807) is 12.1 Å². The van der Waals surface area contributed by atoms with Gasteiger partial charge in [-0.3, -0.25) is 4.79 Å². The zero-order chi connectivity index (χ0) is 17.4. The number of carbonyl (C=O) groups excluding carboxylic acids is 1. The van der Waals surface area contributed by atoms with E-state index in [4.69, 9.17) is 5.73 Å². The third kappa shape index (κ3) is 8.21. The van der Waals surface area contributed by atoms with Crippen molar-refractivity contribution in [1.82, 2.24) is 10.2 Å². The van der Waals surface area contributed by atoms with Crippen molar-refractivity contribution >= 4 is 30.7 Å². The highest BCUT2D eigenvalue weighted by molar-refractivity contribution is 5.85. The van der Waals surface area contributed by atoms with Gasteiger partial charge in [0.2, 0.25) is 5.91 Å². The fourth-order valence-electron chi connectivity index (χ4n) is 3.52. The Morgan fingerprint density at radius 1 is 1.19 bits per heavy atom. The van der Waals surface area contributed by atoms with E-state index in [2.05, 4.69) is 10.2 Å². The van der Waals surface area contributed by atoms with E-state index in [0.29, 0.717) is 19.5 Å². The van der Waals surface area contributed by atoms with E-state index < -0.39 is 0 Å². The Morgan fingerprint density at radius 2 is 1.81 bits per heavy atom. The van der Waals surface area contributed by atoms with Crippen LogP contribution >= 0.6 is 24.8 Å². The smallest absolute Gasteiger partial charge is 0.220 e. The Balaban J connectivity index is 0.00000312. The maximum Gasteiger partial charge on any atom is 0.220 e. The molecular formula is C19H32Cl2FN3O. The fraction of sp³-hybridized carbons (Fsp3) is 0.632. The fourth-order valence-corrected chi connectivity index (χ4v) is 3.52. The molecule has 0 aromatic heterocycles. The molecule has 1 aromatic rings. The number of nitrogens with two attached hydrogens (primary N) is 1. The van der Waals surface area contributed by atoms with Crippen molar-refractivity contribution in [2.75, 3.05) is 26.7 Å². The lowest BCUT2D eigenvalue weighted by atomic mass is 9.71. The molecule has 2 rings (SSSR count). The van der Waals surface area contributed by atoms with Crippen LogP contribution in [0.3, 0.4) is 0 Å². The van der Waals surface area contributed by atoms with Crippen LogP contribution in [0.25, 0.3) is 0 Å². The van der Waals surface area contributed by atoms with Crippen LogP contribution in [0.5, 0.6) is 0 Å². The summed E-state index contributed by atoms with van der Waals surface area (Å²) in [6.45, 7) is 2.73. The molecule has 4 nitrogen and oxygen atoms in total. The van der Waals surface area contributed by atoms with Gasteiger partial charge in [0.1, 0.15) is 5.82 Å². The van der Waals surface area contributed by atoms with Gasteiger partial charge in [0.25, 0.3) is 0 Å². The molecule has 0 aliphatic heterocycles. The van der Waals surface area contributed by atoms with Crippen LogP contribution in [0, 0.1) is 11.2 Å². The van der Waals surface area contributed by atoms with Gasteiger partial charge in [0.05, 0.1) is 0 Å². The van der Waals surface area contributed by atoms with Crippen molar-refractivity contribution in [2.24, 2.45) is 11.1 Å². The first-order chi connectivity index (χ1) is 11.5. The molecular weight excluding hydrogens is 376 g/mol. The quantitative estimate of drug-likeness (QED) is 0.692. The summed E-state index contributed by atoms with van der Waals surface area (Å²) < 4.78 is 12.9. The molecule has 0 spiro atoms. The summed E-state index contributed by atoms with van der Waals surface area (Å²) in [6, 6.07) is 6.53. The number of hydrogen-bond acceptors (Lipinski definition) is 3. The number of benzene rings is 1. The van der Waals surface area contributed by atoms with Gasteiger partial charge in [-0.05, 0) is 49.5 Å². The Hall–Kier alpha value is -0.880. The predicted molar refractivity (Wildman–Crippen MR) is 109 cm³/mol. The van der Waals surface area contributed by atoms with E-state index in [1.807, 2.05) is 7.05 Å². The van der Waals surface area contributed by atoms with Crippen LogP contribution in [0.2, 0.25) is 0 Å². The van der Waals surface area contributed by atoms with Crippen molar-refractivity contribution < 1.29 is 9.18 Å². The van der Waals surface area contributed by atoms with Crippen LogP contribution in [0.1, 0.15) is 44.1 Å². The van der Waals surface area contributed by atoms with Gasteiger partial charge in [-0.2, -0.15) is 0 Å². The molecule has 1 amide bonds. The van der Waals surface area contributed by atoms with Gasteiger partial charge in [0, 0.05) is 26.1 Å². The summed E-state index contributed by atoms with van der Waals surface area (Å²) in [6.07, 6.45) is 6.32. The van der Waals surface area contributed by atoms with Gasteiger partial charge in [-0.1, -0.05) is 31.4 Å². The van der Waals surface area contributed by atoms with Gasteiger partial charge in [0.15, 0.2) is 0 Å². The maximum absolute atomic E-state index is 12.9. The second-order valence-corrected chi connectivity index (χ2v) is 7.16. The molecule has 0 atom stereocenters. The lowest BCUT2D eigenvalue weighted by molar-refractivity contribution is -0.123. The molecule has 1 aliphatic carbocycles. The van der Waals surface area contributed by atoms with E-state index in [9.17, 15) is 9.18 Å². The average Bonchev–Trinajstić information content (AvgIpc) is 2.58. The third-order valence-corrected chi connectivity index (χ3v) is 5.06. The van der Waals surface area contributed by atoms with Crippen molar-refractivity contribution in [2.45, 2.75) is 45.1 Å². The van der Waals surface area contributed by atoms with Gasteiger partial charge >= 0.3 is 0 Å². The molecule has 0 saturated heterocycles.